The Morgan fingerprint density at radius 3 is 2.71 bits per heavy atom. The molecule has 0 radical (unpaired) electrons. The van der Waals surface area contributed by atoms with Crippen LogP contribution in [0.15, 0.2) is 59.2 Å². The minimum absolute atomic E-state index is 0.0609. The van der Waals surface area contributed by atoms with E-state index < -0.39 is 18.5 Å². The van der Waals surface area contributed by atoms with Crippen LogP contribution in [0.3, 0.4) is 0 Å². The van der Waals surface area contributed by atoms with Gasteiger partial charge in [-0.3, -0.25) is 9.59 Å². The molecule has 0 aliphatic heterocycles. The van der Waals surface area contributed by atoms with Gasteiger partial charge in [-0.1, -0.05) is 18.2 Å². The van der Waals surface area contributed by atoms with E-state index in [0.29, 0.717) is 22.2 Å². The molecular formula is C21H18N2O5. The predicted molar refractivity (Wildman–Crippen MR) is 102 cm³/mol. The molecule has 0 fully saturated rings. The van der Waals surface area contributed by atoms with E-state index in [1.54, 1.807) is 30.3 Å². The lowest BCUT2D eigenvalue weighted by atomic mass is 10.1. The molecule has 0 spiro atoms. The number of nitrogens with zero attached hydrogens (tertiary/aromatic N) is 2. The van der Waals surface area contributed by atoms with Crippen molar-refractivity contribution in [1.82, 2.24) is 0 Å². The topological polar surface area (TPSA) is 104 Å². The quantitative estimate of drug-likeness (QED) is 0.633. The molecule has 7 nitrogen and oxygen atoms in total. The standard InChI is InChI=1S/C21H18N2O5/c22-9-4-10-23(16-5-2-1-3-6-16)20(25)14-28-21(26)11-15-13-27-19-12-17(24)7-8-18(15)19/h1-3,5-8,12-13,24H,4,10-11,14H2. The zero-order valence-electron chi connectivity index (χ0n) is 15.0. The average molecular weight is 378 g/mol. The van der Waals surface area contributed by atoms with E-state index >= 15 is 0 Å². The number of anilines is 1. The molecule has 1 amide bonds. The van der Waals surface area contributed by atoms with Crippen molar-refractivity contribution in [2.75, 3.05) is 18.1 Å². The van der Waals surface area contributed by atoms with Crippen molar-refractivity contribution >= 4 is 28.5 Å². The Morgan fingerprint density at radius 2 is 1.96 bits per heavy atom. The lowest BCUT2D eigenvalue weighted by Gasteiger charge is -2.21. The van der Waals surface area contributed by atoms with Crippen molar-refractivity contribution in [3.05, 3.63) is 60.4 Å². The first kappa shape index (κ1) is 19.0. The van der Waals surface area contributed by atoms with Crippen molar-refractivity contribution in [3.8, 4) is 11.8 Å². The molecule has 1 heterocycles. The smallest absolute Gasteiger partial charge is 0.310 e. The van der Waals surface area contributed by atoms with Gasteiger partial charge in [0.2, 0.25) is 0 Å². The van der Waals surface area contributed by atoms with E-state index in [1.807, 2.05) is 12.1 Å². The summed E-state index contributed by atoms with van der Waals surface area (Å²) in [7, 11) is 0. The summed E-state index contributed by atoms with van der Waals surface area (Å²) in [5.74, 6) is -0.908. The molecule has 0 aliphatic carbocycles. The second kappa shape index (κ2) is 8.73. The second-order valence-corrected chi connectivity index (χ2v) is 6.07. The van der Waals surface area contributed by atoms with E-state index in [-0.39, 0.29) is 25.1 Å². The maximum atomic E-state index is 12.5. The van der Waals surface area contributed by atoms with E-state index in [0.717, 1.165) is 0 Å². The Hall–Kier alpha value is -3.79. The van der Waals surface area contributed by atoms with Gasteiger partial charge < -0.3 is 19.2 Å². The fourth-order valence-corrected chi connectivity index (χ4v) is 2.80. The van der Waals surface area contributed by atoms with Crippen molar-refractivity contribution in [3.63, 3.8) is 0 Å². The molecule has 1 N–H and O–H groups in total. The van der Waals surface area contributed by atoms with Crippen molar-refractivity contribution in [2.24, 2.45) is 0 Å². The van der Waals surface area contributed by atoms with Crippen LogP contribution in [0.4, 0.5) is 5.69 Å². The third kappa shape index (κ3) is 4.48. The molecule has 0 aliphatic rings. The summed E-state index contributed by atoms with van der Waals surface area (Å²) in [6.45, 7) is -0.206. The molecule has 2 aromatic carbocycles. The molecule has 0 bridgehead atoms. The number of hydrogen-bond acceptors (Lipinski definition) is 6. The maximum absolute atomic E-state index is 12.5. The number of hydrogen-bond donors (Lipinski definition) is 1. The highest BCUT2D eigenvalue weighted by atomic mass is 16.5. The summed E-state index contributed by atoms with van der Waals surface area (Å²) in [5, 5.41) is 19.0. The number of rotatable bonds is 7. The monoisotopic (exact) mass is 378 g/mol. The number of phenols is 1. The highest BCUT2D eigenvalue weighted by Gasteiger charge is 2.18. The minimum Gasteiger partial charge on any atom is -0.508 e. The van der Waals surface area contributed by atoms with Gasteiger partial charge in [0.15, 0.2) is 6.61 Å². The number of phenolic OH excluding ortho intramolecular Hbond substituents is 1. The first-order chi connectivity index (χ1) is 13.6. The van der Waals surface area contributed by atoms with Crippen LogP contribution < -0.4 is 4.90 Å². The third-order valence-corrected chi connectivity index (χ3v) is 4.15. The van der Waals surface area contributed by atoms with Crippen molar-refractivity contribution in [1.29, 1.82) is 5.26 Å². The summed E-state index contributed by atoms with van der Waals surface area (Å²) in [4.78, 5) is 26.1. The molecule has 0 saturated heterocycles. The van der Waals surface area contributed by atoms with Crippen LogP contribution in [0, 0.1) is 11.3 Å². The fourth-order valence-electron chi connectivity index (χ4n) is 2.80. The Labute approximate surface area is 161 Å². The molecule has 1 aromatic heterocycles. The summed E-state index contributed by atoms with van der Waals surface area (Å²) in [5.41, 5.74) is 1.71. The van der Waals surface area contributed by atoms with Crippen LogP contribution in [-0.4, -0.2) is 30.1 Å². The van der Waals surface area contributed by atoms with Gasteiger partial charge in [-0.25, -0.2) is 0 Å². The van der Waals surface area contributed by atoms with Gasteiger partial charge in [-0.05, 0) is 24.3 Å². The molecule has 28 heavy (non-hydrogen) atoms. The lowest BCUT2D eigenvalue weighted by molar-refractivity contribution is -0.147. The number of ether oxygens (including phenoxy) is 1. The van der Waals surface area contributed by atoms with Gasteiger partial charge >= 0.3 is 5.97 Å². The van der Waals surface area contributed by atoms with Gasteiger partial charge in [0.05, 0.1) is 25.2 Å². The molecule has 0 saturated carbocycles. The van der Waals surface area contributed by atoms with Crippen LogP contribution in [0.25, 0.3) is 11.0 Å². The van der Waals surface area contributed by atoms with Crippen LogP contribution in [-0.2, 0) is 20.7 Å². The van der Waals surface area contributed by atoms with Gasteiger partial charge in [-0.15, -0.1) is 0 Å². The Morgan fingerprint density at radius 1 is 1.18 bits per heavy atom. The number of carbonyl (C=O) groups excluding carboxylic acids is 2. The molecule has 142 valence electrons. The van der Waals surface area contributed by atoms with Gasteiger partial charge in [0, 0.05) is 29.2 Å². The summed E-state index contributed by atoms with van der Waals surface area (Å²) >= 11 is 0. The molecule has 3 aromatic rings. The van der Waals surface area contributed by atoms with Crippen molar-refractivity contribution in [2.45, 2.75) is 12.8 Å². The SMILES string of the molecule is N#CCCN(C(=O)COC(=O)Cc1coc2cc(O)ccc12)c1ccccc1. The van der Waals surface area contributed by atoms with E-state index in [1.165, 1.54) is 23.3 Å². The number of benzene rings is 2. The fraction of sp³-hybridized carbons (Fsp3) is 0.190. The molecule has 0 unspecified atom stereocenters. The molecule has 7 heteroatoms. The largest absolute Gasteiger partial charge is 0.508 e. The van der Waals surface area contributed by atoms with E-state index in [4.69, 9.17) is 14.4 Å². The normalized spacial score (nSPS) is 10.4. The van der Waals surface area contributed by atoms with Crippen LogP contribution in [0.2, 0.25) is 0 Å². The third-order valence-electron chi connectivity index (χ3n) is 4.15. The van der Waals surface area contributed by atoms with Gasteiger partial charge in [0.1, 0.15) is 11.3 Å². The van der Waals surface area contributed by atoms with Crippen molar-refractivity contribution < 1.29 is 23.8 Å². The van der Waals surface area contributed by atoms with Gasteiger partial charge in [-0.2, -0.15) is 5.26 Å². The van der Waals surface area contributed by atoms with Gasteiger partial charge in [0.25, 0.3) is 5.91 Å². The molecular weight excluding hydrogens is 360 g/mol. The Balaban J connectivity index is 1.62. The Kier molecular flexibility index (Phi) is 5.92. The van der Waals surface area contributed by atoms with E-state index in [2.05, 4.69) is 0 Å². The molecule has 3 rings (SSSR count). The second-order valence-electron chi connectivity index (χ2n) is 6.07. The Bertz CT molecular complexity index is 1020. The maximum Gasteiger partial charge on any atom is 0.310 e. The first-order valence-electron chi connectivity index (χ1n) is 8.65. The van der Waals surface area contributed by atoms with Crippen LogP contribution in [0.1, 0.15) is 12.0 Å². The number of nitriles is 1. The van der Waals surface area contributed by atoms with E-state index in [9.17, 15) is 14.7 Å². The average Bonchev–Trinajstić information content (AvgIpc) is 3.09. The number of carbonyl (C=O) groups is 2. The predicted octanol–water partition coefficient (Wildman–Crippen LogP) is 3.17. The summed E-state index contributed by atoms with van der Waals surface area (Å²) < 4.78 is 10.5. The number of amides is 1. The first-order valence-corrected chi connectivity index (χ1v) is 8.65. The van der Waals surface area contributed by atoms with Crippen LogP contribution in [0.5, 0.6) is 5.75 Å². The zero-order chi connectivity index (χ0) is 19.9. The number of fused-ring (bicyclic) bond motifs is 1. The van der Waals surface area contributed by atoms with Crippen LogP contribution >= 0.6 is 0 Å². The highest BCUT2D eigenvalue weighted by Crippen LogP contribution is 2.25. The molecule has 0 atom stereocenters. The lowest BCUT2D eigenvalue weighted by Crippen LogP contribution is -2.35. The summed E-state index contributed by atoms with van der Waals surface area (Å²) in [6, 6.07) is 15.5. The number of esters is 1. The highest BCUT2D eigenvalue weighted by molar-refractivity contribution is 5.95. The summed E-state index contributed by atoms with van der Waals surface area (Å²) in [6.07, 6.45) is 1.54. The number of aromatic hydroxyl groups is 1. The number of furan rings is 1. The minimum atomic E-state index is -0.572. The number of para-hydroxylation sites is 1. The zero-order valence-corrected chi connectivity index (χ0v) is 15.0.